The maximum Gasteiger partial charge on any atom is 0.311 e. The second kappa shape index (κ2) is 6.19. The molecular weight excluding hydrogens is 298 g/mol. The summed E-state index contributed by atoms with van der Waals surface area (Å²) in [6, 6.07) is 8.67. The van der Waals surface area contributed by atoms with Crippen LogP contribution in [0.5, 0.6) is 5.75 Å². The zero-order chi connectivity index (χ0) is 15.4. The van der Waals surface area contributed by atoms with E-state index in [1.165, 1.54) is 19.2 Å². The van der Waals surface area contributed by atoms with E-state index in [0.29, 0.717) is 0 Å². The fraction of sp³-hybridized carbons (Fsp3) is 0.0769. The molecule has 1 N–H and O–H groups in total. The summed E-state index contributed by atoms with van der Waals surface area (Å²) in [6.45, 7) is 0. The van der Waals surface area contributed by atoms with Crippen LogP contribution in [-0.4, -0.2) is 22.9 Å². The van der Waals surface area contributed by atoms with Crippen LogP contribution in [0.2, 0.25) is 5.15 Å². The molecule has 2 aromatic rings. The molecule has 0 aliphatic heterocycles. The molecule has 0 atom stereocenters. The summed E-state index contributed by atoms with van der Waals surface area (Å²) in [5.74, 6) is -0.195. The minimum absolute atomic E-state index is 0.0810. The molecule has 2 rings (SSSR count). The Balaban J connectivity index is 2.27. The Morgan fingerprint density at radius 2 is 2.14 bits per heavy atom. The van der Waals surface area contributed by atoms with Gasteiger partial charge in [-0.15, -0.1) is 0 Å². The largest absolute Gasteiger partial charge is 0.490 e. The van der Waals surface area contributed by atoms with E-state index in [9.17, 15) is 14.9 Å². The van der Waals surface area contributed by atoms with Gasteiger partial charge in [0.1, 0.15) is 11.0 Å². The van der Waals surface area contributed by atoms with Crippen LogP contribution in [0.15, 0.2) is 36.4 Å². The van der Waals surface area contributed by atoms with Gasteiger partial charge in [-0.3, -0.25) is 14.9 Å². The molecule has 1 aromatic carbocycles. The van der Waals surface area contributed by atoms with Gasteiger partial charge in [0, 0.05) is 11.6 Å². The Labute approximate surface area is 124 Å². The average Bonchev–Trinajstić information content (AvgIpc) is 2.46. The maximum absolute atomic E-state index is 12.0. The van der Waals surface area contributed by atoms with Crippen LogP contribution in [0.25, 0.3) is 0 Å². The SMILES string of the molecule is COc1ccc(C(=O)Nc2cccc(Cl)n2)cc1[N+](=O)[O-]. The summed E-state index contributed by atoms with van der Waals surface area (Å²) >= 11 is 5.71. The van der Waals surface area contributed by atoms with Crippen LogP contribution in [0.4, 0.5) is 11.5 Å². The summed E-state index contributed by atoms with van der Waals surface area (Å²) in [7, 11) is 1.32. The van der Waals surface area contributed by atoms with E-state index in [1.54, 1.807) is 18.2 Å². The molecule has 0 unspecified atom stereocenters. The van der Waals surface area contributed by atoms with Gasteiger partial charge in [0.25, 0.3) is 5.91 Å². The highest BCUT2D eigenvalue weighted by atomic mass is 35.5. The maximum atomic E-state index is 12.0. The number of nitrogens with one attached hydrogen (secondary N) is 1. The Hall–Kier alpha value is -2.67. The third kappa shape index (κ3) is 3.46. The monoisotopic (exact) mass is 307 g/mol. The first kappa shape index (κ1) is 14.7. The van der Waals surface area contributed by atoms with Gasteiger partial charge in [-0.2, -0.15) is 0 Å². The van der Waals surface area contributed by atoms with E-state index >= 15 is 0 Å². The van der Waals surface area contributed by atoms with Crippen LogP contribution in [0.3, 0.4) is 0 Å². The number of rotatable bonds is 4. The highest BCUT2D eigenvalue weighted by Gasteiger charge is 2.18. The number of amides is 1. The van der Waals surface area contributed by atoms with Crippen molar-refractivity contribution in [2.75, 3.05) is 12.4 Å². The number of hydrogen-bond donors (Lipinski definition) is 1. The number of benzene rings is 1. The zero-order valence-electron chi connectivity index (χ0n) is 10.9. The van der Waals surface area contributed by atoms with Crippen molar-refractivity contribution < 1.29 is 14.5 Å². The Morgan fingerprint density at radius 1 is 1.38 bits per heavy atom. The van der Waals surface area contributed by atoms with Gasteiger partial charge in [0.05, 0.1) is 12.0 Å². The number of nitro groups is 1. The highest BCUT2D eigenvalue weighted by molar-refractivity contribution is 6.29. The highest BCUT2D eigenvalue weighted by Crippen LogP contribution is 2.27. The summed E-state index contributed by atoms with van der Waals surface area (Å²) < 4.78 is 4.87. The summed E-state index contributed by atoms with van der Waals surface area (Å²) in [6.07, 6.45) is 0. The molecule has 1 amide bonds. The van der Waals surface area contributed by atoms with E-state index in [4.69, 9.17) is 16.3 Å². The lowest BCUT2D eigenvalue weighted by atomic mass is 10.1. The van der Waals surface area contributed by atoms with Gasteiger partial charge in [-0.05, 0) is 24.3 Å². The minimum atomic E-state index is -0.618. The van der Waals surface area contributed by atoms with Crippen molar-refractivity contribution >= 4 is 29.0 Å². The number of aromatic nitrogens is 1. The van der Waals surface area contributed by atoms with Crippen molar-refractivity contribution in [1.29, 1.82) is 0 Å². The van der Waals surface area contributed by atoms with Crippen molar-refractivity contribution in [2.45, 2.75) is 0 Å². The molecule has 0 radical (unpaired) electrons. The predicted octanol–water partition coefficient (Wildman–Crippen LogP) is 2.90. The Morgan fingerprint density at radius 3 is 2.76 bits per heavy atom. The van der Waals surface area contributed by atoms with Crippen LogP contribution in [-0.2, 0) is 0 Å². The van der Waals surface area contributed by atoms with Gasteiger partial charge in [-0.1, -0.05) is 17.7 Å². The van der Waals surface area contributed by atoms with E-state index in [0.717, 1.165) is 6.07 Å². The predicted molar refractivity (Wildman–Crippen MR) is 76.8 cm³/mol. The summed E-state index contributed by atoms with van der Waals surface area (Å²) in [4.78, 5) is 26.3. The molecule has 0 aliphatic rings. The number of hydrogen-bond acceptors (Lipinski definition) is 5. The molecule has 0 saturated heterocycles. The van der Waals surface area contributed by atoms with Gasteiger partial charge in [0.2, 0.25) is 0 Å². The van der Waals surface area contributed by atoms with Gasteiger partial charge >= 0.3 is 5.69 Å². The van der Waals surface area contributed by atoms with Crippen LogP contribution >= 0.6 is 11.6 Å². The fourth-order valence-corrected chi connectivity index (χ4v) is 1.80. The van der Waals surface area contributed by atoms with Crippen LogP contribution in [0, 0.1) is 10.1 Å². The number of ether oxygens (including phenoxy) is 1. The van der Waals surface area contributed by atoms with Crippen molar-refractivity contribution in [3.8, 4) is 5.75 Å². The molecule has 0 aliphatic carbocycles. The number of nitrogens with zero attached hydrogens (tertiary/aromatic N) is 2. The third-order valence-electron chi connectivity index (χ3n) is 2.59. The quantitative estimate of drug-likeness (QED) is 0.532. The van der Waals surface area contributed by atoms with E-state index in [2.05, 4.69) is 10.3 Å². The van der Waals surface area contributed by atoms with E-state index in [-0.39, 0.29) is 28.0 Å². The van der Waals surface area contributed by atoms with Crippen molar-refractivity contribution in [2.24, 2.45) is 0 Å². The lowest BCUT2D eigenvalue weighted by molar-refractivity contribution is -0.385. The fourth-order valence-electron chi connectivity index (χ4n) is 1.64. The van der Waals surface area contributed by atoms with E-state index < -0.39 is 10.8 Å². The molecule has 0 saturated carbocycles. The standard InChI is InChI=1S/C13H10ClN3O4/c1-21-10-6-5-8(7-9(10)17(19)20)13(18)16-12-4-2-3-11(14)15-12/h2-7H,1H3,(H,15,16,18). The first-order chi connectivity index (χ1) is 10.0. The molecule has 0 fully saturated rings. The molecule has 7 nitrogen and oxygen atoms in total. The molecule has 1 heterocycles. The first-order valence-electron chi connectivity index (χ1n) is 5.77. The number of anilines is 1. The molecule has 0 spiro atoms. The van der Waals surface area contributed by atoms with Crippen molar-refractivity contribution in [3.63, 3.8) is 0 Å². The molecule has 108 valence electrons. The number of halogens is 1. The Kier molecular flexibility index (Phi) is 4.34. The number of carbonyl (C=O) groups excluding carboxylic acids is 1. The van der Waals surface area contributed by atoms with Gasteiger partial charge in [0.15, 0.2) is 5.75 Å². The number of pyridine rings is 1. The second-order valence-electron chi connectivity index (χ2n) is 3.94. The van der Waals surface area contributed by atoms with Crippen LogP contribution < -0.4 is 10.1 Å². The lowest BCUT2D eigenvalue weighted by Crippen LogP contribution is -2.13. The minimum Gasteiger partial charge on any atom is -0.490 e. The summed E-state index contributed by atoms with van der Waals surface area (Å²) in [5, 5.41) is 13.7. The molecule has 8 heteroatoms. The Bertz CT molecular complexity index is 706. The number of methoxy groups -OCH3 is 1. The third-order valence-corrected chi connectivity index (χ3v) is 2.80. The average molecular weight is 308 g/mol. The molecular formula is C13H10ClN3O4. The van der Waals surface area contributed by atoms with Crippen molar-refractivity contribution in [1.82, 2.24) is 4.98 Å². The number of carbonyl (C=O) groups is 1. The molecule has 21 heavy (non-hydrogen) atoms. The van der Waals surface area contributed by atoms with Crippen LogP contribution in [0.1, 0.15) is 10.4 Å². The molecule has 0 bridgehead atoms. The normalized spacial score (nSPS) is 10.0. The van der Waals surface area contributed by atoms with Gasteiger partial charge in [-0.25, -0.2) is 4.98 Å². The topological polar surface area (TPSA) is 94.4 Å². The van der Waals surface area contributed by atoms with Crippen molar-refractivity contribution in [3.05, 3.63) is 57.2 Å². The number of nitro benzene ring substituents is 1. The van der Waals surface area contributed by atoms with Gasteiger partial charge < -0.3 is 10.1 Å². The zero-order valence-corrected chi connectivity index (χ0v) is 11.6. The smallest absolute Gasteiger partial charge is 0.311 e. The van der Waals surface area contributed by atoms with E-state index in [1.807, 2.05) is 0 Å². The lowest BCUT2D eigenvalue weighted by Gasteiger charge is -2.06. The second-order valence-corrected chi connectivity index (χ2v) is 4.33. The first-order valence-corrected chi connectivity index (χ1v) is 6.15. The molecule has 1 aromatic heterocycles. The summed E-state index contributed by atoms with van der Waals surface area (Å²) in [5.41, 5.74) is -0.173.